The van der Waals surface area contributed by atoms with Gasteiger partial charge in [-0.05, 0) is 42.0 Å². The third-order valence-electron chi connectivity index (χ3n) is 4.92. The normalized spacial score (nSPS) is 20.7. The van der Waals surface area contributed by atoms with E-state index in [4.69, 9.17) is 51.1 Å². The first-order valence-corrected chi connectivity index (χ1v) is 10.3. The number of ether oxygens (including phenoxy) is 1. The molecule has 2 amide bonds. The Morgan fingerprint density at radius 1 is 1.25 bits per heavy atom. The molecule has 28 heavy (non-hydrogen) atoms. The lowest BCUT2D eigenvalue weighted by Gasteiger charge is -2.18. The maximum atomic E-state index is 12.6. The highest BCUT2D eigenvalue weighted by Crippen LogP contribution is 2.59. The molecule has 1 aliphatic carbocycles. The molecule has 0 aromatic heterocycles. The summed E-state index contributed by atoms with van der Waals surface area (Å²) in [4.78, 5) is 24.6. The lowest BCUT2D eigenvalue weighted by molar-refractivity contribution is -0.124. The molecule has 1 aliphatic rings. The fraction of sp³-hybridized carbons (Fsp3) is 0.474. The van der Waals surface area contributed by atoms with E-state index in [0.717, 1.165) is 0 Å². The largest absolute Gasteiger partial charge is 0.447 e. The number of nitrogens with one attached hydrogen (secondary N) is 2. The van der Waals surface area contributed by atoms with E-state index in [1.807, 2.05) is 20.8 Å². The number of hydrogen-bond donors (Lipinski definition) is 2. The van der Waals surface area contributed by atoms with Gasteiger partial charge in [0.05, 0.1) is 22.0 Å². The van der Waals surface area contributed by atoms with Gasteiger partial charge in [-0.15, -0.1) is 0 Å². The topological polar surface area (TPSA) is 67.4 Å². The fourth-order valence-electron chi connectivity index (χ4n) is 3.08. The highest BCUT2D eigenvalue weighted by Gasteiger charge is 2.60. The minimum atomic E-state index is -0.646. The van der Waals surface area contributed by atoms with E-state index in [1.54, 1.807) is 18.2 Å². The van der Waals surface area contributed by atoms with Gasteiger partial charge in [-0.2, -0.15) is 0 Å². The summed E-state index contributed by atoms with van der Waals surface area (Å²) in [6, 6.07) is 4.40. The molecule has 3 atom stereocenters. The monoisotopic (exact) mass is 466 g/mol. The molecule has 2 rings (SSSR count). The van der Waals surface area contributed by atoms with E-state index in [1.165, 1.54) is 6.07 Å². The Hall–Kier alpha value is -1.14. The van der Waals surface area contributed by atoms with Gasteiger partial charge in [0.25, 0.3) is 0 Å². The molecule has 2 N–H and O–H groups in total. The van der Waals surface area contributed by atoms with Crippen molar-refractivity contribution in [1.82, 2.24) is 5.32 Å². The lowest BCUT2D eigenvalue weighted by Crippen LogP contribution is -2.40. The van der Waals surface area contributed by atoms with Crippen molar-refractivity contribution in [3.8, 4) is 0 Å². The fourth-order valence-corrected chi connectivity index (χ4v) is 3.65. The molecule has 154 valence electrons. The average molecular weight is 468 g/mol. The van der Waals surface area contributed by atoms with Crippen LogP contribution in [0.15, 0.2) is 28.8 Å². The first kappa shape index (κ1) is 23.1. The van der Waals surface area contributed by atoms with Gasteiger partial charge in [-0.1, -0.05) is 67.2 Å². The molecule has 9 heteroatoms. The van der Waals surface area contributed by atoms with Crippen LogP contribution < -0.4 is 10.6 Å². The van der Waals surface area contributed by atoms with E-state index in [2.05, 4.69) is 10.6 Å². The van der Waals surface area contributed by atoms with Crippen molar-refractivity contribution in [3.63, 3.8) is 0 Å². The maximum Gasteiger partial charge on any atom is 0.411 e. The second-order valence-corrected chi connectivity index (χ2v) is 9.07. The summed E-state index contributed by atoms with van der Waals surface area (Å²) in [5, 5.41) is 6.21. The number of carbonyl (C=O) groups is 2. The van der Waals surface area contributed by atoms with Gasteiger partial charge in [-0.25, -0.2) is 4.79 Å². The molecule has 0 unspecified atom stereocenters. The molecule has 1 aromatic rings. The molecular formula is C19H22Cl4N2O3. The van der Waals surface area contributed by atoms with Crippen LogP contribution in [0.2, 0.25) is 10.0 Å². The second-order valence-electron chi connectivity index (χ2n) is 7.25. The number of carbonyl (C=O) groups excluding carboxylic acids is 2. The quantitative estimate of drug-likeness (QED) is 0.514. The van der Waals surface area contributed by atoms with E-state index >= 15 is 0 Å². The summed E-state index contributed by atoms with van der Waals surface area (Å²) in [5.74, 6) is -0.353. The Balaban J connectivity index is 1.85. The standard InChI is InChI=1S/C19H22Cl4N2O3/c1-4-10(24-17(26)16-12(8-15(22)23)19(16,2)3)9-28-18(27)25-11-5-6-13(20)14(21)7-11/h5-8,10,12,16H,4,9H2,1-3H3,(H,24,26)(H,25,27)/t10-,12+,16-/m1/s1. The van der Waals surface area contributed by atoms with Crippen LogP contribution >= 0.6 is 46.4 Å². The van der Waals surface area contributed by atoms with Crippen LogP contribution in [0.1, 0.15) is 27.2 Å². The van der Waals surface area contributed by atoms with Crippen molar-refractivity contribution in [2.45, 2.75) is 33.2 Å². The Bertz CT molecular complexity index is 778. The van der Waals surface area contributed by atoms with E-state index in [0.29, 0.717) is 22.2 Å². The van der Waals surface area contributed by atoms with Gasteiger partial charge in [0.1, 0.15) is 11.1 Å². The van der Waals surface area contributed by atoms with Gasteiger partial charge >= 0.3 is 6.09 Å². The molecular weight excluding hydrogens is 446 g/mol. The zero-order chi connectivity index (χ0) is 21.1. The van der Waals surface area contributed by atoms with Gasteiger partial charge < -0.3 is 10.1 Å². The van der Waals surface area contributed by atoms with Gasteiger partial charge in [-0.3, -0.25) is 10.1 Å². The predicted octanol–water partition coefficient (Wildman–Crippen LogP) is 6.03. The Kier molecular flexibility index (Phi) is 7.91. The summed E-state index contributed by atoms with van der Waals surface area (Å²) in [7, 11) is 0. The maximum absolute atomic E-state index is 12.6. The summed E-state index contributed by atoms with van der Waals surface area (Å²) < 4.78 is 5.37. The molecule has 1 aromatic carbocycles. The minimum absolute atomic E-state index is 0.0196. The van der Waals surface area contributed by atoms with Crippen LogP contribution in [-0.4, -0.2) is 24.6 Å². The van der Waals surface area contributed by atoms with Crippen LogP contribution in [0.3, 0.4) is 0 Å². The molecule has 1 fully saturated rings. The summed E-state index contributed by atoms with van der Waals surface area (Å²) >= 11 is 23.2. The van der Waals surface area contributed by atoms with Gasteiger partial charge in [0.15, 0.2) is 0 Å². The molecule has 1 saturated carbocycles. The Morgan fingerprint density at radius 3 is 2.50 bits per heavy atom. The summed E-state index contributed by atoms with van der Waals surface area (Å²) in [6.07, 6.45) is 1.65. The highest BCUT2D eigenvalue weighted by atomic mass is 35.5. The SMILES string of the molecule is CC[C@H](COC(=O)Nc1ccc(Cl)c(Cl)c1)NC(=O)[C@H]1[C@H](C=C(Cl)Cl)C1(C)C. The number of hydrogen-bond acceptors (Lipinski definition) is 3. The van der Waals surface area contributed by atoms with Crippen LogP contribution in [0, 0.1) is 17.3 Å². The first-order chi connectivity index (χ1) is 13.1. The van der Waals surface area contributed by atoms with Crippen molar-refractivity contribution in [2.24, 2.45) is 17.3 Å². The Labute approximate surface area is 184 Å². The van der Waals surface area contributed by atoms with E-state index < -0.39 is 6.09 Å². The van der Waals surface area contributed by atoms with Crippen molar-refractivity contribution < 1.29 is 14.3 Å². The smallest absolute Gasteiger partial charge is 0.411 e. The molecule has 5 nitrogen and oxygen atoms in total. The zero-order valence-corrected chi connectivity index (χ0v) is 18.7. The zero-order valence-electron chi connectivity index (χ0n) is 15.7. The summed E-state index contributed by atoms with van der Waals surface area (Å²) in [6.45, 7) is 5.91. The van der Waals surface area contributed by atoms with Crippen LogP contribution in [0.25, 0.3) is 0 Å². The lowest BCUT2D eigenvalue weighted by atomic mass is 10.1. The minimum Gasteiger partial charge on any atom is -0.447 e. The van der Waals surface area contributed by atoms with Crippen molar-refractivity contribution in [3.05, 3.63) is 38.8 Å². The molecule has 0 radical (unpaired) electrons. The summed E-state index contributed by atoms with van der Waals surface area (Å²) in [5.41, 5.74) is 0.243. The van der Waals surface area contributed by atoms with Crippen LogP contribution in [0.5, 0.6) is 0 Å². The Morgan fingerprint density at radius 2 is 1.93 bits per heavy atom. The van der Waals surface area contributed by atoms with Crippen molar-refractivity contribution in [2.75, 3.05) is 11.9 Å². The third kappa shape index (κ3) is 5.93. The predicted molar refractivity (Wildman–Crippen MR) is 114 cm³/mol. The average Bonchev–Trinajstić information content (AvgIpc) is 3.14. The second kappa shape index (κ2) is 9.57. The molecule has 0 heterocycles. The van der Waals surface area contributed by atoms with Crippen molar-refractivity contribution in [1.29, 1.82) is 0 Å². The number of halogens is 4. The number of anilines is 1. The first-order valence-electron chi connectivity index (χ1n) is 8.78. The van der Waals surface area contributed by atoms with Gasteiger partial charge in [0.2, 0.25) is 5.91 Å². The van der Waals surface area contributed by atoms with Crippen molar-refractivity contribution >= 4 is 64.1 Å². The molecule has 0 aliphatic heterocycles. The van der Waals surface area contributed by atoms with Crippen LogP contribution in [-0.2, 0) is 9.53 Å². The third-order valence-corrected chi connectivity index (χ3v) is 5.91. The van der Waals surface area contributed by atoms with Gasteiger partial charge in [0, 0.05) is 5.69 Å². The number of rotatable bonds is 7. The molecule has 0 saturated heterocycles. The molecule has 0 spiro atoms. The van der Waals surface area contributed by atoms with E-state index in [-0.39, 0.29) is 40.3 Å². The number of allylic oxidation sites excluding steroid dienone is 1. The number of benzene rings is 1. The highest BCUT2D eigenvalue weighted by molar-refractivity contribution is 6.55. The number of amides is 2. The molecule has 0 bridgehead atoms. The van der Waals surface area contributed by atoms with Crippen LogP contribution in [0.4, 0.5) is 10.5 Å². The van der Waals surface area contributed by atoms with E-state index in [9.17, 15) is 9.59 Å².